The number of benzene rings is 5. The molecule has 5 heteroatoms. The van der Waals surface area contributed by atoms with Crippen LogP contribution in [0.1, 0.15) is 78.0 Å². The van der Waals surface area contributed by atoms with Crippen molar-refractivity contribution in [1.82, 2.24) is 14.5 Å². The van der Waals surface area contributed by atoms with Gasteiger partial charge < -0.3 is 5.11 Å². The minimum absolute atomic E-state index is 0. The predicted octanol–water partition coefficient (Wildman–Crippen LogP) is 12.2. The van der Waals surface area contributed by atoms with E-state index in [-0.39, 0.29) is 37.3 Å². The third kappa shape index (κ3) is 6.57. The van der Waals surface area contributed by atoms with Crippen molar-refractivity contribution in [2.24, 2.45) is 0 Å². The van der Waals surface area contributed by atoms with Gasteiger partial charge in [0, 0.05) is 44.2 Å². The second-order valence-electron chi connectivity index (χ2n) is 16.7. The Labute approximate surface area is 328 Å². The first-order valence-electron chi connectivity index (χ1n) is 18.4. The van der Waals surface area contributed by atoms with Crippen LogP contribution in [0.4, 0.5) is 0 Å². The van der Waals surface area contributed by atoms with Crippen molar-refractivity contribution >= 4 is 11.0 Å². The van der Waals surface area contributed by atoms with Crippen LogP contribution in [0.15, 0.2) is 121 Å². The van der Waals surface area contributed by atoms with Crippen LogP contribution in [-0.2, 0) is 37.3 Å². The molecule has 0 atom stereocenters. The Bertz CT molecular complexity index is 2450. The summed E-state index contributed by atoms with van der Waals surface area (Å²) >= 11 is 0. The Kier molecular flexibility index (Phi) is 9.36. The van der Waals surface area contributed by atoms with Crippen LogP contribution >= 0.6 is 0 Å². The molecule has 270 valence electrons. The summed E-state index contributed by atoms with van der Waals surface area (Å²) in [7, 11) is 0. The number of aromatic nitrogens is 3. The van der Waals surface area contributed by atoms with Gasteiger partial charge in [-0.3, -0.25) is 9.55 Å². The maximum atomic E-state index is 12.3. The van der Waals surface area contributed by atoms with Gasteiger partial charge in [-0.1, -0.05) is 132 Å². The fraction of sp³-hybridized carbons (Fsp3) is 0.250. The van der Waals surface area contributed by atoms with Gasteiger partial charge in [-0.25, -0.2) is 4.98 Å². The fourth-order valence-corrected chi connectivity index (χ4v) is 7.92. The van der Waals surface area contributed by atoms with Crippen LogP contribution in [0.5, 0.6) is 5.75 Å². The third-order valence-electron chi connectivity index (χ3n) is 11.1. The number of hydrogen-bond acceptors (Lipinski definition) is 3. The van der Waals surface area contributed by atoms with Crippen LogP contribution < -0.4 is 0 Å². The van der Waals surface area contributed by atoms with Crippen LogP contribution in [0, 0.1) is 6.07 Å². The number of phenols is 1. The zero-order valence-corrected chi connectivity index (χ0v) is 33.8. The maximum absolute atomic E-state index is 12.3. The fourth-order valence-electron chi connectivity index (χ4n) is 7.92. The summed E-state index contributed by atoms with van der Waals surface area (Å²) < 4.78 is 2.20. The summed E-state index contributed by atoms with van der Waals surface area (Å²) in [6.07, 6.45) is 3.97. The first-order valence-corrected chi connectivity index (χ1v) is 18.4. The van der Waals surface area contributed by atoms with Gasteiger partial charge in [0.15, 0.2) is 0 Å². The van der Waals surface area contributed by atoms with Crippen molar-refractivity contribution in [2.45, 2.75) is 77.6 Å². The Hall–Kier alpha value is -4.79. The number of nitrogens with zero attached hydrogens (tertiary/aromatic N) is 3. The van der Waals surface area contributed by atoms with E-state index in [9.17, 15) is 5.11 Å². The number of rotatable bonds is 5. The molecule has 53 heavy (non-hydrogen) atoms. The van der Waals surface area contributed by atoms with Gasteiger partial charge in [0.1, 0.15) is 11.6 Å². The first-order chi connectivity index (χ1) is 24.8. The summed E-state index contributed by atoms with van der Waals surface area (Å²) in [6.45, 7) is 15.8. The van der Waals surface area contributed by atoms with E-state index in [2.05, 4.69) is 162 Å². The van der Waals surface area contributed by atoms with Gasteiger partial charge in [-0.05, 0) is 76.1 Å². The molecule has 0 radical (unpaired) electrons. The average molecular weight is 876 g/mol. The summed E-state index contributed by atoms with van der Waals surface area (Å²) in [5.74, 6) is 1.05. The third-order valence-corrected chi connectivity index (χ3v) is 11.1. The molecule has 0 fully saturated rings. The van der Waals surface area contributed by atoms with Crippen LogP contribution in [-0.4, -0.2) is 19.6 Å². The van der Waals surface area contributed by atoms with Gasteiger partial charge >= 0.3 is 0 Å². The normalized spacial score (nSPS) is 14.8. The van der Waals surface area contributed by atoms with E-state index in [0.717, 1.165) is 80.0 Å². The van der Waals surface area contributed by atoms with Crippen molar-refractivity contribution < 1.29 is 26.2 Å². The summed E-state index contributed by atoms with van der Waals surface area (Å²) in [4.78, 5) is 10.3. The number of hydrogen-bond donors (Lipinski definition) is 1. The summed E-state index contributed by atoms with van der Waals surface area (Å²) in [5.41, 5.74) is 12.7. The molecule has 2 aromatic heterocycles. The van der Waals surface area contributed by atoms with Gasteiger partial charge in [0.2, 0.25) is 0 Å². The number of para-hydroxylation sites is 2. The smallest absolute Gasteiger partial charge is 0.148 e. The van der Waals surface area contributed by atoms with Gasteiger partial charge in [0.05, 0.1) is 16.6 Å². The molecule has 2 heterocycles. The average Bonchev–Trinajstić information content (AvgIpc) is 3.53. The Balaban J connectivity index is 0.00000435. The molecular formula is C48H46N3OPt-. The van der Waals surface area contributed by atoms with Crippen LogP contribution in [0.2, 0.25) is 0 Å². The Morgan fingerprint density at radius 3 is 2.09 bits per heavy atom. The SMILES string of the molecule is CC(C)(C)c1cc(-c2cc(-c3ccccc3)ccn2)[c-]c(-c2cccc3c2nc(-c2ccc4c(c2O)C(C)(C)CCC4(C)C)n3-c2ccccc2)c1.[Pt]. The van der Waals surface area contributed by atoms with E-state index in [0.29, 0.717) is 5.75 Å². The zero-order chi connectivity index (χ0) is 36.4. The molecule has 0 saturated carbocycles. The monoisotopic (exact) mass is 875 g/mol. The largest absolute Gasteiger partial charge is 0.507 e. The Morgan fingerprint density at radius 1 is 0.698 bits per heavy atom. The topological polar surface area (TPSA) is 50.9 Å². The Morgan fingerprint density at radius 2 is 1.38 bits per heavy atom. The van der Waals surface area contributed by atoms with E-state index in [4.69, 9.17) is 9.97 Å². The molecule has 0 bridgehead atoms. The van der Waals surface area contributed by atoms with E-state index in [1.165, 1.54) is 11.1 Å². The van der Waals surface area contributed by atoms with E-state index in [1.54, 1.807) is 0 Å². The molecule has 5 aromatic carbocycles. The molecule has 4 nitrogen and oxygen atoms in total. The van der Waals surface area contributed by atoms with Crippen LogP contribution in [0.25, 0.3) is 61.6 Å². The molecule has 0 amide bonds. The number of phenolic OH excluding ortho intramolecular Hbond substituents is 1. The molecule has 8 rings (SSSR count). The molecule has 0 saturated heterocycles. The van der Waals surface area contributed by atoms with Crippen molar-refractivity contribution in [2.75, 3.05) is 0 Å². The second kappa shape index (κ2) is 13.6. The number of fused-ring (bicyclic) bond motifs is 2. The van der Waals surface area contributed by atoms with Gasteiger partial charge in [-0.2, -0.15) is 0 Å². The summed E-state index contributed by atoms with van der Waals surface area (Å²) in [6, 6.07) is 43.9. The number of pyridine rings is 1. The number of aromatic hydroxyl groups is 1. The second-order valence-corrected chi connectivity index (χ2v) is 16.7. The summed E-state index contributed by atoms with van der Waals surface area (Å²) in [5, 5.41) is 12.3. The van der Waals surface area contributed by atoms with E-state index >= 15 is 0 Å². The van der Waals surface area contributed by atoms with E-state index in [1.807, 2.05) is 18.3 Å². The van der Waals surface area contributed by atoms with E-state index < -0.39 is 0 Å². The predicted molar refractivity (Wildman–Crippen MR) is 215 cm³/mol. The molecule has 0 spiro atoms. The van der Waals surface area contributed by atoms with Crippen molar-refractivity contribution in [3.8, 4) is 56.3 Å². The molecule has 0 aliphatic heterocycles. The minimum atomic E-state index is -0.162. The van der Waals surface area contributed by atoms with Crippen molar-refractivity contribution in [3.63, 3.8) is 0 Å². The quantitative estimate of drug-likeness (QED) is 0.175. The minimum Gasteiger partial charge on any atom is -0.507 e. The first kappa shape index (κ1) is 36.6. The van der Waals surface area contributed by atoms with Crippen molar-refractivity contribution in [1.29, 1.82) is 0 Å². The molecule has 7 aromatic rings. The molecule has 1 aliphatic carbocycles. The van der Waals surface area contributed by atoms with Crippen molar-refractivity contribution in [3.05, 3.63) is 144 Å². The van der Waals surface area contributed by atoms with Gasteiger partial charge in [-0.15, -0.1) is 29.3 Å². The maximum Gasteiger partial charge on any atom is 0.148 e. The molecule has 1 aliphatic rings. The van der Waals surface area contributed by atoms with Gasteiger partial charge in [0.25, 0.3) is 0 Å². The molecule has 0 unspecified atom stereocenters. The standard InChI is InChI=1S/C48H46N3O.Pt/c1-46(2,3)35-28-33(27-34(29-35)40-30-32(23-26-49-40)31-15-10-8-11-16-31)37-19-14-20-41-43(37)50-45(51(41)36-17-12-9-13-18-36)38-21-22-39-42(44(38)52)48(6,7)25-24-47(39,4)5;/h8-23,26,28-30,52H,24-25H2,1-7H3;/q-1;. The van der Waals surface area contributed by atoms with Crippen LogP contribution in [0.3, 0.4) is 0 Å². The molecular weight excluding hydrogens is 830 g/mol. The molecule has 1 N–H and O–H groups in total. The zero-order valence-electron chi connectivity index (χ0n) is 31.6. The number of imidazole rings is 1.